The van der Waals surface area contributed by atoms with Crippen LogP contribution in [0.3, 0.4) is 0 Å². The van der Waals surface area contributed by atoms with Crippen molar-refractivity contribution in [3.05, 3.63) is 59.2 Å². The van der Waals surface area contributed by atoms with E-state index in [2.05, 4.69) is 63.3 Å². The molecule has 0 saturated heterocycles. The van der Waals surface area contributed by atoms with Crippen molar-refractivity contribution < 1.29 is 0 Å². The quantitative estimate of drug-likeness (QED) is 0.503. The molecule has 0 aliphatic heterocycles. The van der Waals surface area contributed by atoms with Crippen molar-refractivity contribution in [2.75, 3.05) is 0 Å². The molecule has 0 amide bonds. The van der Waals surface area contributed by atoms with Crippen molar-refractivity contribution >= 4 is 0 Å². The van der Waals surface area contributed by atoms with Gasteiger partial charge in [0.05, 0.1) is 0 Å². The topological polar surface area (TPSA) is 0 Å². The van der Waals surface area contributed by atoms with E-state index in [0.29, 0.717) is 5.41 Å². The standard InChI is InChI=1S/C22H32/c1-4-6-10-19-12-8-13-21(16-19)18-22(3)15-9-14-20(17-22)11-7-5-2/h8-9,12-16H,4-7,10-11,17-18H2,1-3H3. The first-order valence-corrected chi connectivity index (χ1v) is 9.10. The molecule has 1 aromatic rings. The fourth-order valence-electron chi connectivity index (χ4n) is 3.49. The zero-order valence-electron chi connectivity index (χ0n) is 14.7. The van der Waals surface area contributed by atoms with Crippen molar-refractivity contribution in [1.29, 1.82) is 0 Å². The van der Waals surface area contributed by atoms with Gasteiger partial charge in [-0.15, -0.1) is 0 Å². The number of unbranched alkanes of at least 4 members (excludes halogenated alkanes) is 2. The van der Waals surface area contributed by atoms with Crippen molar-refractivity contribution in [3.63, 3.8) is 0 Å². The van der Waals surface area contributed by atoms with Crippen LogP contribution in [-0.2, 0) is 12.8 Å². The molecule has 0 aromatic heterocycles. The van der Waals surface area contributed by atoms with Gasteiger partial charge in [-0.25, -0.2) is 0 Å². The summed E-state index contributed by atoms with van der Waals surface area (Å²) in [4.78, 5) is 0. The van der Waals surface area contributed by atoms with E-state index in [9.17, 15) is 0 Å². The molecule has 0 saturated carbocycles. The summed E-state index contributed by atoms with van der Waals surface area (Å²) in [6, 6.07) is 9.26. The Labute approximate surface area is 137 Å². The van der Waals surface area contributed by atoms with Gasteiger partial charge < -0.3 is 0 Å². The Morgan fingerprint density at radius 2 is 1.73 bits per heavy atom. The van der Waals surface area contributed by atoms with Gasteiger partial charge in [0.25, 0.3) is 0 Å². The smallest absolute Gasteiger partial charge is 0.00658 e. The Balaban J connectivity index is 2.00. The summed E-state index contributed by atoms with van der Waals surface area (Å²) < 4.78 is 0. The van der Waals surface area contributed by atoms with Crippen molar-refractivity contribution in [1.82, 2.24) is 0 Å². The molecule has 0 spiro atoms. The molecule has 1 aliphatic carbocycles. The number of allylic oxidation sites excluding steroid dienone is 4. The van der Waals surface area contributed by atoms with Crippen molar-refractivity contribution in [2.24, 2.45) is 5.41 Å². The van der Waals surface area contributed by atoms with Crippen LogP contribution in [-0.4, -0.2) is 0 Å². The maximum atomic E-state index is 2.43. The molecule has 1 atom stereocenters. The first kappa shape index (κ1) is 17.1. The number of benzene rings is 1. The lowest BCUT2D eigenvalue weighted by Gasteiger charge is -2.30. The highest BCUT2D eigenvalue weighted by Gasteiger charge is 2.24. The molecule has 22 heavy (non-hydrogen) atoms. The fraction of sp³-hybridized carbons (Fsp3) is 0.545. The van der Waals surface area contributed by atoms with Gasteiger partial charge in [0.15, 0.2) is 0 Å². The van der Waals surface area contributed by atoms with Crippen molar-refractivity contribution in [3.8, 4) is 0 Å². The van der Waals surface area contributed by atoms with Gasteiger partial charge in [-0.1, -0.05) is 81.7 Å². The SMILES string of the molecule is CCCCC1=CC=CC(C)(Cc2cccc(CCCC)c2)C1. The molecule has 0 radical (unpaired) electrons. The molecule has 0 heteroatoms. The molecular formula is C22H32. The third-order valence-electron chi connectivity index (χ3n) is 4.73. The molecule has 0 N–H and O–H groups in total. The first-order valence-electron chi connectivity index (χ1n) is 9.10. The minimum Gasteiger partial charge on any atom is -0.0779 e. The molecule has 2 rings (SSSR count). The van der Waals surface area contributed by atoms with Crippen LogP contribution in [0.4, 0.5) is 0 Å². The molecule has 1 aliphatic rings. The highest BCUT2D eigenvalue weighted by molar-refractivity contribution is 5.29. The molecule has 1 unspecified atom stereocenters. The fourth-order valence-corrected chi connectivity index (χ4v) is 3.49. The summed E-state index contributed by atoms with van der Waals surface area (Å²) in [7, 11) is 0. The molecule has 0 bridgehead atoms. The molecule has 0 fully saturated rings. The summed E-state index contributed by atoms with van der Waals surface area (Å²) in [6.07, 6.45) is 17.1. The highest BCUT2D eigenvalue weighted by atomic mass is 14.3. The lowest BCUT2D eigenvalue weighted by atomic mass is 9.74. The molecule has 0 heterocycles. The minimum atomic E-state index is 0.293. The lowest BCUT2D eigenvalue weighted by molar-refractivity contribution is 0.408. The Hall–Kier alpha value is -1.30. The largest absolute Gasteiger partial charge is 0.0779 e. The Bertz CT molecular complexity index is 521. The number of aryl methyl sites for hydroxylation is 1. The maximum Gasteiger partial charge on any atom is -0.00658 e. The van der Waals surface area contributed by atoms with Crippen LogP contribution in [0, 0.1) is 5.41 Å². The number of hydrogen-bond acceptors (Lipinski definition) is 0. The summed E-state index contributed by atoms with van der Waals surface area (Å²) >= 11 is 0. The maximum absolute atomic E-state index is 2.43. The van der Waals surface area contributed by atoms with Gasteiger partial charge >= 0.3 is 0 Å². The third kappa shape index (κ3) is 5.16. The summed E-state index contributed by atoms with van der Waals surface area (Å²) in [6.45, 7) is 6.96. The average Bonchev–Trinajstić information content (AvgIpc) is 2.51. The third-order valence-corrected chi connectivity index (χ3v) is 4.73. The van der Waals surface area contributed by atoms with Crippen LogP contribution in [0.5, 0.6) is 0 Å². The van der Waals surface area contributed by atoms with E-state index in [-0.39, 0.29) is 0 Å². The minimum absolute atomic E-state index is 0.293. The van der Waals surface area contributed by atoms with Crippen molar-refractivity contribution in [2.45, 2.75) is 72.1 Å². The zero-order valence-corrected chi connectivity index (χ0v) is 14.7. The van der Waals surface area contributed by atoms with Crippen LogP contribution in [0.2, 0.25) is 0 Å². The van der Waals surface area contributed by atoms with E-state index < -0.39 is 0 Å². The lowest BCUT2D eigenvalue weighted by Crippen LogP contribution is -2.19. The van der Waals surface area contributed by atoms with Gasteiger partial charge in [0.1, 0.15) is 0 Å². The summed E-state index contributed by atoms with van der Waals surface area (Å²) in [5.74, 6) is 0. The Morgan fingerprint density at radius 1 is 1.00 bits per heavy atom. The van der Waals surface area contributed by atoms with E-state index in [1.54, 1.807) is 5.57 Å². The van der Waals surface area contributed by atoms with Crippen LogP contribution in [0.15, 0.2) is 48.1 Å². The predicted molar refractivity (Wildman–Crippen MR) is 98.2 cm³/mol. The Kier molecular flexibility index (Phi) is 6.49. The van der Waals surface area contributed by atoms with E-state index in [1.807, 2.05) is 0 Å². The van der Waals surface area contributed by atoms with E-state index >= 15 is 0 Å². The normalized spacial score (nSPS) is 21.0. The van der Waals surface area contributed by atoms with E-state index in [4.69, 9.17) is 0 Å². The zero-order chi connectivity index (χ0) is 15.8. The highest BCUT2D eigenvalue weighted by Crippen LogP contribution is 2.36. The van der Waals surface area contributed by atoms with Gasteiger partial charge in [0.2, 0.25) is 0 Å². The number of rotatable bonds is 8. The Morgan fingerprint density at radius 3 is 2.50 bits per heavy atom. The second kappa shape index (κ2) is 8.36. The van der Waals surface area contributed by atoms with Crippen LogP contribution in [0.1, 0.15) is 70.4 Å². The predicted octanol–water partition coefficient (Wildman–Crippen LogP) is 6.65. The molecule has 120 valence electrons. The molecule has 0 nitrogen and oxygen atoms in total. The molecular weight excluding hydrogens is 264 g/mol. The van der Waals surface area contributed by atoms with Crippen LogP contribution in [0.25, 0.3) is 0 Å². The van der Waals surface area contributed by atoms with Crippen LogP contribution < -0.4 is 0 Å². The van der Waals surface area contributed by atoms with E-state index in [0.717, 1.165) is 6.42 Å². The molecule has 1 aromatic carbocycles. The summed E-state index contributed by atoms with van der Waals surface area (Å²) in [5.41, 5.74) is 4.93. The van der Waals surface area contributed by atoms with Gasteiger partial charge in [0, 0.05) is 0 Å². The second-order valence-corrected chi connectivity index (χ2v) is 7.22. The van der Waals surface area contributed by atoms with Crippen LogP contribution >= 0.6 is 0 Å². The summed E-state index contributed by atoms with van der Waals surface area (Å²) in [5, 5.41) is 0. The van der Waals surface area contributed by atoms with E-state index in [1.165, 1.54) is 56.1 Å². The van der Waals surface area contributed by atoms with Gasteiger partial charge in [-0.2, -0.15) is 0 Å². The average molecular weight is 296 g/mol. The number of hydrogen-bond donors (Lipinski definition) is 0. The first-order chi connectivity index (χ1) is 10.6. The second-order valence-electron chi connectivity index (χ2n) is 7.22. The van der Waals surface area contributed by atoms with Gasteiger partial charge in [-0.05, 0) is 55.1 Å². The van der Waals surface area contributed by atoms with Gasteiger partial charge in [-0.3, -0.25) is 0 Å². The monoisotopic (exact) mass is 296 g/mol.